The lowest BCUT2D eigenvalue weighted by Crippen LogP contribution is -2.34. The highest BCUT2D eigenvalue weighted by Gasteiger charge is 2.31. The highest BCUT2D eigenvalue weighted by molar-refractivity contribution is 5.42. The van der Waals surface area contributed by atoms with Gasteiger partial charge in [0, 0.05) is 31.9 Å². The van der Waals surface area contributed by atoms with Crippen molar-refractivity contribution in [1.82, 2.24) is 15.2 Å². The summed E-state index contributed by atoms with van der Waals surface area (Å²) in [5.74, 6) is 1.80. The maximum absolute atomic E-state index is 4.51. The lowest BCUT2D eigenvalue weighted by atomic mass is 10.1. The number of nitrogens with one attached hydrogen (secondary N) is 1. The minimum atomic E-state index is 0.625. The van der Waals surface area contributed by atoms with Crippen molar-refractivity contribution >= 4 is 5.82 Å². The Hall–Kier alpha value is -1.13. The second-order valence-electron chi connectivity index (χ2n) is 5.47. The largest absolute Gasteiger partial charge is 0.355 e. The molecule has 0 radical (unpaired) electrons. The molecular formula is C14H24N4. The first kappa shape index (κ1) is 13.3. The normalized spacial score (nSPS) is 23.9. The standard InChI is InChI=1S/C14H24N4/c1-11-9-18(10-13(11)17(3)4)14-7-12(8-15-2)5-6-16-14/h5-7,11,13,15H,8-10H2,1-4H3. The van der Waals surface area contributed by atoms with Crippen LogP contribution in [0.5, 0.6) is 0 Å². The van der Waals surface area contributed by atoms with Gasteiger partial charge in [-0.3, -0.25) is 0 Å². The molecule has 1 saturated heterocycles. The van der Waals surface area contributed by atoms with Gasteiger partial charge in [0.15, 0.2) is 0 Å². The van der Waals surface area contributed by atoms with E-state index in [-0.39, 0.29) is 0 Å². The van der Waals surface area contributed by atoms with Crippen molar-refractivity contribution in [2.75, 3.05) is 39.1 Å². The minimum Gasteiger partial charge on any atom is -0.355 e. The molecule has 4 nitrogen and oxygen atoms in total. The Balaban J connectivity index is 2.11. The van der Waals surface area contributed by atoms with Crippen LogP contribution in [-0.2, 0) is 6.54 Å². The number of aromatic nitrogens is 1. The Labute approximate surface area is 110 Å². The Morgan fingerprint density at radius 2 is 2.22 bits per heavy atom. The predicted molar refractivity (Wildman–Crippen MR) is 75.9 cm³/mol. The van der Waals surface area contributed by atoms with Crippen molar-refractivity contribution in [3.05, 3.63) is 23.9 Å². The van der Waals surface area contributed by atoms with Gasteiger partial charge in [0.25, 0.3) is 0 Å². The van der Waals surface area contributed by atoms with E-state index < -0.39 is 0 Å². The van der Waals surface area contributed by atoms with E-state index >= 15 is 0 Å². The van der Waals surface area contributed by atoms with Crippen molar-refractivity contribution in [1.29, 1.82) is 0 Å². The van der Waals surface area contributed by atoms with Crippen LogP contribution >= 0.6 is 0 Å². The summed E-state index contributed by atoms with van der Waals surface area (Å²) in [6, 6.07) is 4.89. The molecule has 2 unspecified atom stereocenters. The third-order valence-corrected chi connectivity index (χ3v) is 3.75. The van der Waals surface area contributed by atoms with Gasteiger partial charge < -0.3 is 15.1 Å². The molecule has 2 rings (SSSR count). The number of nitrogens with zero attached hydrogens (tertiary/aromatic N) is 3. The number of likely N-dealkylation sites (N-methyl/N-ethyl adjacent to an activating group) is 1. The van der Waals surface area contributed by atoms with Crippen LogP contribution in [0.25, 0.3) is 0 Å². The van der Waals surface area contributed by atoms with E-state index in [0.717, 1.165) is 25.5 Å². The van der Waals surface area contributed by atoms with Gasteiger partial charge in [-0.1, -0.05) is 6.92 Å². The Morgan fingerprint density at radius 1 is 1.44 bits per heavy atom. The van der Waals surface area contributed by atoms with Crippen LogP contribution in [0.1, 0.15) is 12.5 Å². The van der Waals surface area contributed by atoms with E-state index in [1.807, 2.05) is 13.2 Å². The van der Waals surface area contributed by atoms with Crippen molar-refractivity contribution in [2.45, 2.75) is 19.5 Å². The first-order valence-corrected chi connectivity index (χ1v) is 6.62. The summed E-state index contributed by atoms with van der Waals surface area (Å²) in [4.78, 5) is 9.23. The van der Waals surface area contributed by atoms with Gasteiger partial charge in [-0.25, -0.2) is 4.98 Å². The summed E-state index contributed by atoms with van der Waals surface area (Å²) >= 11 is 0. The number of rotatable bonds is 4. The molecule has 0 spiro atoms. The second-order valence-corrected chi connectivity index (χ2v) is 5.47. The highest BCUT2D eigenvalue weighted by atomic mass is 15.3. The summed E-state index contributed by atoms with van der Waals surface area (Å²) in [5.41, 5.74) is 1.29. The fourth-order valence-electron chi connectivity index (χ4n) is 2.76. The molecule has 2 heterocycles. The van der Waals surface area contributed by atoms with E-state index in [4.69, 9.17) is 0 Å². The summed E-state index contributed by atoms with van der Waals surface area (Å²) in [5, 5.41) is 3.18. The molecule has 1 aromatic heterocycles. The molecule has 0 aliphatic carbocycles. The fourth-order valence-corrected chi connectivity index (χ4v) is 2.76. The van der Waals surface area contributed by atoms with E-state index in [1.165, 1.54) is 5.56 Å². The Kier molecular flexibility index (Phi) is 4.19. The van der Waals surface area contributed by atoms with Crippen molar-refractivity contribution in [3.8, 4) is 0 Å². The molecule has 100 valence electrons. The van der Waals surface area contributed by atoms with Gasteiger partial charge >= 0.3 is 0 Å². The molecule has 1 aliphatic heterocycles. The first-order valence-electron chi connectivity index (χ1n) is 6.62. The molecule has 0 saturated carbocycles. The van der Waals surface area contributed by atoms with Crippen LogP contribution in [0.15, 0.2) is 18.3 Å². The zero-order valence-corrected chi connectivity index (χ0v) is 11.8. The fraction of sp³-hybridized carbons (Fsp3) is 0.643. The molecular weight excluding hydrogens is 224 g/mol. The molecule has 0 amide bonds. The van der Waals surface area contributed by atoms with Crippen molar-refractivity contribution in [3.63, 3.8) is 0 Å². The van der Waals surface area contributed by atoms with Gasteiger partial charge in [0.05, 0.1) is 0 Å². The molecule has 1 N–H and O–H groups in total. The van der Waals surface area contributed by atoms with Crippen LogP contribution < -0.4 is 10.2 Å². The van der Waals surface area contributed by atoms with Gasteiger partial charge in [-0.2, -0.15) is 0 Å². The predicted octanol–water partition coefficient (Wildman–Crippen LogP) is 1.19. The molecule has 1 aliphatic rings. The van der Waals surface area contributed by atoms with E-state index in [1.54, 1.807) is 0 Å². The first-order chi connectivity index (χ1) is 8.61. The average Bonchev–Trinajstić information content (AvgIpc) is 2.72. The topological polar surface area (TPSA) is 31.4 Å². The van der Waals surface area contributed by atoms with Crippen molar-refractivity contribution < 1.29 is 0 Å². The quantitative estimate of drug-likeness (QED) is 0.867. The molecule has 0 bridgehead atoms. The molecule has 1 fully saturated rings. The molecule has 0 aromatic carbocycles. The summed E-state index contributed by atoms with van der Waals surface area (Å²) in [7, 11) is 6.30. The summed E-state index contributed by atoms with van der Waals surface area (Å²) < 4.78 is 0. The van der Waals surface area contributed by atoms with E-state index in [9.17, 15) is 0 Å². The monoisotopic (exact) mass is 248 g/mol. The SMILES string of the molecule is CNCc1ccnc(N2CC(C)C(N(C)C)C2)c1. The number of pyridine rings is 1. The number of hydrogen-bond donors (Lipinski definition) is 1. The molecule has 1 aromatic rings. The molecule has 18 heavy (non-hydrogen) atoms. The third kappa shape index (κ3) is 2.82. The van der Waals surface area contributed by atoms with Crippen LogP contribution in [0, 0.1) is 5.92 Å². The van der Waals surface area contributed by atoms with E-state index in [2.05, 4.69) is 53.3 Å². The second kappa shape index (κ2) is 5.67. The maximum atomic E-state index is 4.51. The van der Waals surface area contributed by atoms with Gasteiger partial charge in [0.2, 0.25) is 0 Å². The third-order valence-electron chi connectivity index (χ3n) is 3.75. The zero-order valence-electron chi connectivity index (χ0n) is 11.8. The smallest absolute Gasteiger partial charge is 0.128 e. The highest BCUT2D eigenvalue weighted by Crippen LogP contribution is 2.25. The van der Waals surface area contributed by atoms with Crippen molar-refractivity contribution in [2.24, 2.45) is 5.92 Å². The Bertz CT molecular complexity index is 391. The van der Waals surface area contributed by atoms with Crippen LogP contribution in [0.4, 0.5) is 5.82 Å². The maximum Gasteiger partial charge on any atom is 0.128 e. The van der Waals surface area contributed by atoms with Crippen LogP contribution in [0.2, 0.25) is 0 Å². The van der Waals surface area contributed by atoms with E-state index in [0.29, 0.717) is 12.0 Å². The number of anilines is 1. The lowest BCUT2D eigenvalue weighted by molar-refractivity contribution is 0.266. The van der Waals surface area contributed by atoms with Gasteiger partial charge in [0.1, 0.15) is 5.82 Å². The zero-order chi connectivity index (χ0) is 13.1. The number of hydrogen-bond acceptors (Lipinski definition) is 4. The minimum absolute atomic E-state index is 0.625. The summed E-state index contributed by atoms with van der Waals surface area (Å²) in [6.07, 6.45) is 1.91. The average molecular weight is 248 g/mol. The molecule has 4 heteroatoms. The van der Waals surface area contributed by atoms with Crippen LogP contribution in [0.3, 0.4) is 0 Å². The lowest BCUT2D eigenvalue weighted by Gasteiger charge is -2.22. The van der Waals surface area contributed by atoms with Gasteiger partial charge in [-0.15, -0.1) is 0 Å². The molecule has 2 atom stereocenters. The summed E-state index contributed by atoms with van der Waals surface area (Å²) in [6.45, 7) is 5.39. The van der Waals surface area contributed by atoms with Gasteiger partial charge in [-0.05, 0) is 44.8 Å². The van der Waals surface area contributed by atoms with Crippen LogP contribution in [-0.4, -0.2) is 50.2 Å². The Morgan fingerprint density at radius 3 is 2.83 bits per heavy atom.